The van der Waals surface area contributed by atoms with Gasteiger partial charge in [-0.3, -0.25) is 10.1 Å². The normalized spacial score (nSPS) is 10.8. The van der Waals surface area contributed by atoms with Gasteiger partial charge in [0.2, 0.25) is 0 Å². The average Bonchev–Trinajstić information content (AvgIpc) is 3.18. The molecule has 26 heavy (non-hydrogen) atoms. The number of nitro benzene ring substituents is 1. The van der Waals surface area contributed by atoms with Crippen molar-refractivity contribution >= 4 is 11.9 Å². The Kier molecular flexibility index (Phi) is 5.18. The predicted octanol–water partition coefficient (Wildman–Crippen LogP) is 2.66. The lowest BCUT2D eigenvalue weighted by molar-refractivity contribution is -0.384. The van der Waals surface area contributed by atoms with Crippen LogP contribution in [0.4, 0.5) is 5.69 Å². The lowest BCUT2D eigenvalue weighted by Gasteiger charge is -2.11. The van der Waals surface area contributed by atoms with Crippen LogP contribution in [0.3, 0.4) is 0 Å². The number of ether oxygens (including phenoxy) is 2. The third kappa shape index (κ3) is 4.20. The fraction of sp³-hybridized carbons (Fsp3) is 0.118. The van der Waals surface area contributed by atoms with E-state index in [1.54, 1.807) is 25.5 Å². The van der Waals surface area contributed by atoms with E-state index in [0.717, 1.165) is 11.1 Å². The zero-order chi connectivity index (χ0) is 18.4. The number of nitro groups is 1. The van der Waals surface area contributed by atoms with Crippen molar-refractivity contribution in [1.82, 2.24) is 14.9 Å². The van der Waals surface area contributed by atoms with Crippen LogP contribution in [0.15, 0.2) is 60.2 Å². The minimum Gasteiger partial charge on any atom is -0.496 e. The molecule has 0 atom stereocenters. The Morgan fingerprint density at radius 1 is 1.27 bits per heavy atom. The molecule has 3 rings (SSSR count). The van der Waals surface area contributed by atoms with Crippen LogP contribution in [-0.4, -0.2) is 33.1 Å². The van der Waals surface area contributed by atoms with Gasteiger partial charge in [0.25, 0.3) is 5.69 Å². The molecule has 1 heterocycles. The standard InChI is InChI=1S/C17H15N5O4/c1-25-17-7-2-13(9-19-21-12-18-11-20-21)8-14(17)10-26-16-5-3-15(4-6-16)22(23)24/h2-9,11-12H,10H2,1H3. The van der Waals surface area contributed by atoms with Crippen molar-refractivity contribution in [2.24, 2.45) is 5.10 Å². The third-order valence-corrected chi connectivity index (χ3v) is 3.48. The molecule has 0 spiro atoms. The van der Waals surface area contributed by atoms with E-state index >= 15 is 0 Å². The van der Waals surface area contributed by atoms with Crippen LogP contribution in [0.2, 0.25) is 0 Å². The summed E-state index contributed by atoms with van der Waals surface area (Å²) >= 11 is 0. The van der Waals surface area contributed by atoms with Crippen molar-refractivity contribution in [3.05, 3.63) is 76.4 Å². The van der Waals surface area contributed by atoms with E-state index in [9.17, 15) is 10.1 Å². The lowest BCUT2D eigenvalue weighted by atomic mass is 10.1. The highest BCUT2D eigenvalue weighted by atomic mass is 16.6. The number of aromatic nitrogens is 3. The highest BCUT2D eigenvalue weighted by Gasteiger charge is 2.07. The van der Waals surface area contributed by atoms with Gasteiger partial charge in [-0.1, -0.05) is 0 Å². The summed E-state index contributed by atoms with van der Waals surface area (Å²) < 4.78 is 11.0. The largest absolute Gasteiger partial charge is 0.496 e. The van der Waals surface area contributed by atoms with Crippen molar-refractivity contribution in [3.63, 3.8) is 0 Å². The number of non-ortho nitro benzene ring substituents is 1. The molecule has 9 heteroatoms. The Labute approximate surface area is 148 Å². The fourth-order valence-corrected chi connectivity index (χ4v) is 2.20. The molecule has 0 saturated heterocycles. The lowest BCUT2D eigenvalue weighted by Crippen LogP contribution is -2.00. The van der Waals surface area contributed by atoms with Gasteiger partial charge in [-0.25, -0.2) is 4.98 Å². The topological polar surface area (TPSA) is 105 Å². The number of benzene rings is 2. The summed E-state index contributed by atoms with van der Waals surface area (Å²) in [4.78, 5) is 15.4. The molecule has 0 bridgehead atoms. The van der Waals surface area contributed by atoms with Gasteiger partial charge in [-0.2, -0.15) is 5.10 Å². The number of nitrogens with zero attached hydrogens (tertiary/aromatic N) is 5. The van der Waals surface area contributed by atoms with Gasteiger partial charge >= 0.3 is 0 Å². The smallest absolute Gasteiger partial charge is 0.269 e. The van der Waals surface area contributed by atoms with Gasteiger partial charge in [0.15, 0.2) is 0 Å². The Bertz CT molecular complexity index is 907. The predicted molar refractivity (Wildman–Crippen MR) is 93.4 cm³/mol. The highest BCUT2D eigenvalue weighted by molar-refractivity contribution is 5.80. The molecule has 3 aromatic rings. The van der Waals surface area contributed by atoms with Crippen molar-refractivity contribution in [3.8, 4) is 11.5 Å². The summed E-state index contributed by atoms with van der Waals surface area (Å²) in [7, 11) is 1.58. The van der Waals surface area contributed by atoms with Gasteiger partial charge < -0.3 is 9.47 Å². The number of hydrogen-bond donors (Lipinski definition) is 0. The van der Waals surface area contributed by atoms with Crippen LogP contribution in [0.1, 0.15) is 11.1 Å². The second-order valence-electron chi connectivity index (χ2n) is 5.17. The Balaban J connectivity index is 1.73. The molecule has 0 fully saturated rings. The zero-order valence-electron chi connectivity index (χ0n) is 13.8. The van der Waals surface area contributed by atoms with Crippen LogP contribution in [0.25, 0.3) is 0 Å². The third-order valence-electron chi connectivity index (χ3n) is 3.48. The monoisotopic (exact) mass is 353 g/mol. The summed E-state index contributed by atoms with van der Waals surface area (Å²) in [5.74, 6) is 1.20. The summed E-state index contributed by atoms with van der Waals surface area (Å²) in [6.45, 7) is 0.242. The maximum atomic E-state index is 10.7. The fourth-order valence-electron chi connectivity index (χ4n) is 2.20. The van der Waals surface area contributed by atoms with E-state index in [1.165, 1.54) is 29.6 Å². The van der Waals surface area contributed by atoms with Crippen LogP contribution >= 0.6 is 0 Å². The molecule has 2 aromatic carbocycles. The molecule has 0 aliphatic rings. The van der Waals surface area contributed by atoms with Crippen LogP contribution in [-0.2, 0) is 6.61 Å². The molecule has 0 unspecified atom stereocenters. The minimum atomic E-state index is -0.454. The average molecular weight is 353 g/mol. The van der Waals surface area contributed by atoms with Crippen molar-refractivity contribution in [1.29, 1.82) is 0 Å². The van der Waals surface area contributed by atoms with Crippen molar-refractivity contribution in [2.75, 3.05) is 7.11 Å². The summed E-state index contributed by atoms with van der Waals surface area (Å²) in [6, 6.07) is 11.5. The number of hydrogen-bond acceptors (Lipinski definition) is 7. The second kappa shape index (κ2) is 7.88. The molecule has 0 aliphatic heterocycles. The molecular weight excluding hydrogens is 338 g/mol. The van der Waals surface area contributed by atoms with Gasteiger partial charge in [0, 0.05) is 17.7 Å². The van der Waals surface area contributed by atoms with Crippen molar-refractivity contribution < 1.29 is 14.4 Å². The van der Waals surface area contributed by atoms with Gasteiger partial charge in [0.1, 0.15) is 30.8 Å². The Morgan fingerprint density at radius 3 is 2.73 bits per heavy atom. The molecule has 9 nitrogen and oxygen atoms in total. The molecule has 0 saturated carbocycles. The highest BCUT2D eigenvalue weighted by Crippen LogP contribution is 2.23. The molecule has 0 aliphatic carbocycles. The van der Waals surface area contributed by atoms with Gasteiger partial charge in [0.05, 0.1) is 18.2 Å². The van der Waals surface area contributed by atoms with Crippen LogP contribution < -0.4 is 9.47 Å². The SMILES string of the molecule is COc1ccc(C=Nn2cncn2)cc1COc1ccc([N+](=O)[O-])cc1. The van der Waals surface area contributed by atoms with Crippen LogP contribution in [0.5, 0.6) is 11.5 Å². The maximum Gasteiger partial charge on any atom is 0.269 e. The van der Waals surface area contributed by atoms with Gasteiger partial charge in [-0.15, -0.1) is 9.89 Å². The first-order valence-electron chi connectivity index (χ1n) is 7.59. The second-order valence-corrected chi connectivity index (χ2v) is 5.17. The first kappa shape index (κ1) is 17.1. The first-order valence-corrected chi connectivity index (χ1v) is 7.59. The summed E-state index contributed by atoms with van der Waals surface area (Å²) in [5.41, 5.74) is 1.67. The minimum absolute atomic E-state index is 0.0150. The molecule has 1 aromatic heterocycles. The van der Waals surface area contributed by atoms with E-state index in [2.05, 4.69) is 15.2 Å². The Hall–Kier alpha value is -3.75. The molecule has 0 amide bonds. The zero-order valence-corrected chi connectivity index (χ0v) is 13.8. The van der Waals surface area contributed by atoms with E-state index in [1.807, 2.05) is 18.2 Å². The molecular formula is C17H15N5O4. The summed E-state index contributed by atoms with van der Waals surface area (Å²) in [5, 5.41) is 18.7. The molecule has 0 N–H and O–H groups in total. The molecule has 132 valence electrons. The van der Waals surface area contributed by atoms with Crippen molar-refractivity contribution in [2.45, 2.75) is 6.61 Å². The van der Waals surface area contributed by atoms with E-state index in [4.69, 9.17) is 9.47 Å². The van der Waals surface area contributed by atoms with E-state index in [0.29, 0.717) is 11.5 Å². The van der Waals surface area contributed by atoms with E-state index < -0.39 is 4.92 Å². The Morgan fingerprint density at radius 2 is 2.08 bits per heavy atom. The number of rotatable bonds is 7. The first-order chi connectivity index (χ1) is 12.7. The van der Waals surface area contributed by atoms with Gasteiger partial charge in [-0.05, 0) is 35.9 Å². The summed E-state index contributed by atoms with van der Waals surface area (Å²) in [6.07, 6.45) is 4.52. The quantitative estimate of drug-likeness (QED) is 0.367. The molecule has 0 radical (unpaired) electrons. The van der Waals surface area contributed by atoms with Crippen LogP contribution in [0, 0.1) is 10.1 Å². The number of methoxy groups -OCH3 is 1. The van der Waals surface area contributed by atoms with E-state index in [-0.39, 0.29) is 12.3 Å². The maximum absolute atomic E-state index is 10.7.